The lowest BCUT2D eigenvalue weighted by atomic mass is 9.98. The lowest BCUT2D eigenvalue weighted by molar-refractivity contribution is -0.142. The number of carbonyl (C=O) groups is 4. The number of rotatable bonds is 9. The molecule has 9 heteroatoms. The summed E-state index contributed by atoms with van der Waals surface area (Å²) in [6, 6.07) is 14.4. The summed E-state index contributed by atoms with van der Waals surface area (Å²) in [5.74, 6) is -2.78. The van der Waals surface area contributed by atoms with E-state index in [4.69, 9.17) is 4.74 Å². The molecule has 0 aromatic heterocycles. The van der Waals surface area contributed by atoms with E-state index in [1.807, 2.05) is 48.5 Å². The van der Waals surface area contributed by atoms with Crippen molar-refractivity contribution in [3.63, 3.8) is 0 Å². The number of amides is 3. The molecule has 1 aliphatic carbocycles. The van der Waals surface area contributed by atoms with Crippen LogP contribution in [0.15, 0.2) is 48.5 Å². The fourth-order valence-electron chi connectivity index (χ4n) is 4.25. The van der Waals surface area contributed by atoms with Crippen molar-refractivity contribution in [1.82, 2.24) is 15.5 Å². The van der Waals surface area contributed by atoms with E-state index in [9.17, 15) is 24.3 Å². The van der Waals surface area contributed by atoms with E-state index < -0.39 is 36.4 Å². The lowest BCUT2D eigenvalue weighted by Gasteiger charge is -2.25. The molecule has 2 atom stereocenters. The van der Waals surface area contributed by atoms with Crippen LogP contribution in [-0.2, 0) is 19.1 Å². The van der Waals surface area contributed by atoms with E-state index in [1.54, 1.807) is 6.92 Å². The summed E-state index contributed by atoms with van der Waals surface area (Å²) in [6.07, 6.45) is -1.49. The van der Waals surface area contributed by atoms with Gasteiger partial charge in [-0.05, 0) is 22.3 Å². The van der Waals surface area contributed by atoms with Crippen LogP contribution in [0.3, 0.4) is 0 Å². The average molecular weight is 468 g/mol. The molecule has 9 nitrogen and oxygen atoms in total. The molecule has 0 fully saturated rings. The van der Waals surface area contributed by atoms with E-state index >= 15 is 0 Å². The maximum absolute atomic E-state index is 12.8. The largest absolute Gasteiger partial charge is 0.481 e. The molecule has 34 heavy (non-hydrogen) atoms. The number of fused-ring (bicyclic) bond motifs is 3. The number of hydrogen-bond acceptors (Lipinski definition) is 5. The Labute approximate surface area is 198 Å². The van der Waals surface area contributed by atoms with Crippen LogP contribution < -0.4 is 10.6 Å². The van der Waals surface area contributed by atoms with E-state index in [0.29, 0.717) is 0 Å². The van der Waals surface area contributed by atoms with Crippen LogP contribution in [-0.4, -0.2) is 67.2 Å². The van der Waals surface area contributed by atoms with E-state index in [0.717, 1.165) is 22.3 Å². The highest BCUT2D eigenvalue weighted by Gasteiger charge is 2.31. The van der Waals surface area contributed by atoms with Crippen molar-refractivity contribution in [2.45, 2.75) is 25.3 Å². The summed E-state index contributed by atoms with van der Waals surface area (Å²) in [4.78, 5) is 49.7. The van der Waals surface area contributed by atoms with Gasteiger partial charge in [0.15, 0.2) is 0 Å². The van der Waals surface area contributed by atoms with Gasteiger partial charge in [-0.15, -0.1) is 0 Å². The van der Waals surface area contributed by atoms with Crippen LogP contribution >= 0.6 is 0 Å². The fraction of sp³-hybridized carbons (Fsp3) is 0.360. The van der Waals surface area contributed by atoms with E-state index in [2.05, 4.69) is 10.6 Å². The lowest BCUT2D eigenvalue weighted by Crippen LogP contribution is -2.50. The summed E-state index contributed by atoms with van der Waals surface area (Å²) < 4.78 is 5.44. The second-order valence-corrected chi connectivity index (χ2v) is 8.35. The van der Waals surface area contributed by atoms with Crippen LogP contribution in [0.4, 0.5) is 4.79 Å². The zero-order chi connectivity index (χ0) is 24.8. The number of ether oxygens (including phenoxy) is 1. The Kier molecular flexibility index (Phi) is 7.88. The second-order valence-electron chi connectivity index (χ2n) is 8.35. The quantitative estimate of drug-likeness (QED) is 0.519. The number of hydrogen-bond donors (Lipinski definition) is 3. The summed E-state index contributed by atoms with van der Waals surface area (Å²) in [6.45, 7) is 1.76. The molecule has 2 unspecified atom stereocenters. The highest BCUT2D eigenvalue weighted by atomic mass is 16.5. The first-order valence-electron chi connectivity index (χ1n) is 11.0. The number of nitrogens with zero attached hydrogens (tertiary/aromatic N) is 1. The van der Waals surface area contributed by atoms with E-state index in [1.165, 1.54) is 19.0 Å². The van der Waals surface area contributed by atoms with Gasteiger partial charge in [0.25, 0.3) is 0 Å². The van der Waals surface area contributed by atoms with Gasteiger partial charge in [0, 0.05) is 26.6 Å². The molecule has 180 valence electrons. The first-order chi connectivity index (χ1) is 16.2. The molecule has 0 spiro atoms. The van der Waals surface area contributed by atoms with Crippen molar-refractivity contribution in [1.29, 1.82) is 0 Å². The Morgan fingerprint density at radius 3 is 2.12 bits per heavy atom. The topological polar surface area (TPSA) is 125 Å². The van der Waals surface area contributed by atoms with Crippen molar-refractivity contribution in [2.75, 3.05) is 27.2 Å². The van der Waals surface area contributed by atoms with Crippen LogP contribution in [0.25, 0.3) is 11.1 Å². The molecule has 0 radical (unpaired) electrons. The molecule has 3 rings (SSSR count). The third kappa shape index (κ3) is 5.54. The molecule has 2 aromatic rings. The molecular formula is C25H29N3O6. The number of alkyl carbamates (subject to hydrolysis) is 1. The molecule has 0 heterocycles. The Hall–Kier alpha value is -3.88. The van der Waals surface area contributed by atoms with Crippen molar-refractivity contribution in [3.8, 4) is 11.1 Å². The van der Waals surface area contributed by atoms with Crippen LogP contribution in [0.1, 0.15) is 30.4 Å². The summed E-state index contributed by atoms with van der Waals surface area (Å²) in [5, 5.41) is 14.1. The molecule has 3 N–H and O–H groups in total. The van der Waals surface area contributed by atoms with Gasteiger partial charge in [-0.2, -0.15) is 0 Å². The van der Waals surface area contributed by atoms with Crippen molar-refractivity contribution in [3.05, 3.63) is 59.7 Å². The van der Waals surface area contributed by atoms with Crippen molar-refractivity contribution < 1.29 is 29.0 Å². The Morgan fingerprint density at radius 2 is 1.59 bits per heavy atom. The average Bonchev–Trinajstić information content (AvgIpc) is 3.14. The smallest absolute Gasteiger partial charge is 0.407 e. The van der Waals surface area contributed by atoms with Crippen LogP contribution in [0.2, 0.25) is 0 Å². The Bertz CT molecular complexity index is 1040. The predicted molar refractivity (Wildman–Crippen MR) is 125 cm³/mol. The third-order valence-electron chi connectivity index (χ3n) is 5.93. The molecule has 2 aromatic carbocycles. The minimum Gasteiger partial charge on any atom is -0.481 e. The van der Waals surface area contributed by atoms with Gasteiger partial charge >= 0.3 is 12.1 Å². The highest BCUT2D eigenvalue weighted by molar-refractivity contribution is 5.89. The third-order valence-corrected chi connectivity index (χ3v) is 5.93. The number of carbonyl (C=O) groups excluding carboxylic acids is 3. The molecule has 1 aliphatic rings. The van der Waals surface area contributed by atoms with Crippen molar-refractivity contribution >= 4 is 23.9 Å². The Morgan fingerprint density at radius 1 is 1.03 bits per heavy atom. The van der Waals surface area contributed by atoms with Crippen molar-refractivity contribution in [2.24, 2.45) is 5.92 Å². The molecular weight excluding hydrogens is 438 g/mol. The summed E-state index contributed by atoms with van der Waals surface area (Å²) >= 11 is 0. The normalized spacial score (nSPS) is 13.7. The number of nitrogens with one attached hydrogen (secondary N) is 2. The molecule has 3 amide bonds. The minimum atomic E-state index is -1.32. The van der Waals surface area contributed by atoms with Gasteiger partial charge in [0.2, 0.25) is 11.8 Å². The maximum Gasteiger partial charge on any atom is 0.407 e. The first-order valence-corrected chi connectivity index (χ1v) is 11.0. The van der Waals surface area contributed by atoms with Gasteiger partial charge in [0.05, 0.1) is 12.3 Å². The monoisotopic (exact) mass is 467 g/mol. The number of carboxylic acid groups (broad SMARTS) is 1. The second kappa shape index (κ2) is 10.8. The zero-order valence-electron chi connectivity index (χ0n) is 19.4. The Balaban J connectivity index is 1.66. The van der Waals surface area contributed by atoms with E-state index in [-0.39, 0.29) is 25.0 Å². The van der Waals surface area contributed by atoms with Gasteiger partial charge in [0.1, 0.15) is 12.6 Å². The van der Waals surface area contributed by atoms with Gasteiger partial charge in [-0.1, -0.05) is 55.5 Å². The summed E-state index contributed by atoms with van der Waals surface area (Å²) in [7, 11) is 2.95. The molecule has 0 saturated carbocycles. The standard InChI is InChI=1S/C25H29N3O6/c1-15(23(31)26-2)13-28(3)24(32)21(12-22(29)30)27-25(33)34-14-20-18-10-6-4-8-16(18)17-9-5-7-11-19(17)20/h4-11,15,20-21H,12-14H2,1-3H3,(H,26,31)(H,27,33)(H,29,30). The number of carboxylic acids is 1. The molecule has 0 aliphatic heterocycles. The van der Waals surface area contributed by atoms with Crippen LogP contribution in [0.5, 0.6) is 0 Å². The fourth-order valence-corrected chi connectivity index (χ4v) is 4.25. The molecule has 0 bridgehead atoms. The minimum absolute atomic E-state index is 0.0391. The number of aliphatic carboxylic acids is 1. The molecule has 0 saturated heterocycles. The highest BCUT2D eigenvalue weighted by Crippen LogP contribution is 2.44. The zero-order valence-corrected chi connectivity index (χ0v) is 19.4. The maximum atomic E-state index is 12.8. The van der Waals surface area contributed by atoms with Gasteiger partial charge in [-0.25, -0.2) is 4.79 Å². The van der Waals surface area contributed by atoms with Gasteiger partial charge < -0.3 is 25.4 Å². The van der Waals surface area contributed by atoms with Crippen LogP contribution in [0, 0.1) is 5.92 Å². The predicted octanol–water partition coefficient (Wildman–Crippen LogP) is 2.21. The SMILES string of the molecule is CNC(=O)C(C)CN(C)C(=O)C(CC(=O)O)NC(=O)OCC1c2ccccc2-c2ccccc21. The first kappa shape index (κ1) is 24.8. The summed E-state index contributed by atoms with van der Waals surface area (Å²) in [5.41, 5.74) is 4.24. The number of benzene rings is 2. The van der Waals surface area contributed by atoms with Gasteiger partial charge in [-0.3, -0.25) is 14.4 Å². The number of likely N-dealkylation sites (N-methyl/N-ethyl adjacent to an activating group) is 1.